The van der Waals surface area contributed by atoms with Crippen molar-refractivity contribution in [3.05, 3.63) is 65.2 Å². The largest absolute Gasteiger partial charge is 0.478 e. The predicted molar refractivity (Wildman–Crippen MR) is 92.3 cm³/mol. The number of Topliss-reactive ketones (excluding diaryl/α,β-unsaturated/α-hetero) is 1. The Morgan fingerprint density at radius 2 is 1.73 bits per heavy atom. The molecule has 0 saturated heterocycles. The maximum absolute atomic E-state index is 12.3. The Hall–Kier alpha value is -3.51. The summed E-state index contributed by atoms with van der Waals surface area (Å²) in [5.41, 5.74) is 1.74. The summed E-state index contributed by atoms with van der Waals surface area (Å²) >= 11 is 1.17. The molecule has 0 amide bonds. The number of carboxylic acids is 1. The van der Waals surface area contributed by atoms with Gasteiger partial charge < -0.3 is 5.11 Å². The molecule has 2 aromatic carbocycles. The van der Waals surface area contributed by atoms with E-state index in [0.29, 0.717) is 22.0 Å². The molecule has 0 radical (unpaired) electrons. The number of nitriles is 1. The van der Waals surface area contributed by atoms with Gasteiger partial charge in [0.25, 0.3) is 0 Å². The lowest BCUT2D eigenvalue weighted by Gasteiger charge is -2.05. The molecule has 8 nitrogen and oxygen atoms in total. The van der Waals surface area contributed by atoms with Gasteiger partial charge in [-0.1, -0.05) is 23.9 Å². The third-order valence-corrected chi connectivity index (χ3v) is 4.39. The van der Waals surface area contributed by atoms with E-state index in [0.717, 1.165) is 0 Å². The fourth-order valence-electron chi connectivity index (χ4n) is 2.12. The number of carboxylic acid groups (broad SMARTS) is 1. The number of thioether (sulfide) groups is 1. The molecule has 0 aliphatic rings. The van der Waals surface area contributed by atoms with Gasteiger partial charge in [0, 0.05) is 5.56 Å². The first-order valence-electron chi connectivity index (χ1n) is 7.37. The van der Waals surface area contributed by atoms with E-state index in [1.54, 1.807) is 36.4 Å². The van der Waals surface area contributed by atoms with Gasteiger partial charge in [0.2, 0.25) is 5.16 Å². The normalized spacial score (nSPS) is 10.3. The van der Waals surface area contributed by atoms with Crippen LogP contribution in [-0.4, -0.2) is 42.8 Å². The molecule has 0 fully saturated rings. The number of ketones is 1. The molecular formula is C17H11N5O3S. The SMILES string of the molecule is N#Cc1ccc(C(=O)CSc2nnnn2-c2ccc(C(=O)O)cc2)cc1. The van der Waals surface area contributed by atoms with E-state index in [2.05, 4.69) is 15.5 Å². The maximum atomic E-state index is 12.3. The number of tetrazole rings is 1. The molecule has 1 aromatic heterocycles. The van der Waals surface area contributed by atoms with Gasteiger partial charge in [-0.05, 0) is 46.8 Å². The second-order valence-corrected chi connectivity index (χ2v) is 6.07. The number of carbonyl (C=O) groups is 2. The van der Waals surface area contributed by atoms with Crippen LogP contribution in [0, 0.1) is 11.3 Å². The predicted octanol–water partition coefficient (Wildman–Crippen LogP) is 2.21. The summed E-state index contributed by atoms with van der Waals surface area (Å²) in [6, 6.07) is 14.5. The van der Waals surface area contributed by atoms with Crippen LogP contribution in [0.2, 0.25) is 0 Å². The van der Waals surface area contributed by atoms with Crippen molar-refractivity contribution in [2.45, 2.75) is 5.16 Å². The van der Waals surface area contributed by atoms with Crippen LogP contribution < -0.4 is 0 Å². The summed E-state index contributed by atoms with van der Waals surface area (Å²) in [4.78, 5) is 23.2. The molecule has 0 unspecified atom stereocenters. The van der Waals surface area contributed by atoms with Crippen LogP contribution in [0.4, 0.5) is 0 Å². The van der Waals surface area contributed by atoms with Crippen LogP contribution in [0.3, 0.4) is 0 Å². The van der Waals surface area contributed by atoms with Crippen molar-refractivity contribution in [1.29, 1.82) is 5.26 Å². The maximum Gasteiger partial charge on any atom is 0.335 e. The summed E-state index contributed by atoms with van der Waals surface area (Å²) in [7, 11) is 0. The molecule has 9 heteroatoms. The first-order valence-corrected chi connectivity index (χ1v) is 8.35. The molecule has 1 N–H and O–H groups in total. The number of benzene rings is 2. The third-order valence-electron chi connectivity index (χ3n) is 3.47. The first-order chi connectivity index (χ1) is 12.6. The zero-order valence-electron chi connectivity index (χ0n) is 13.2. The molecule has 0 spiro atoms. The number of hydrogen-bond donors (Lipinski definition) is 1. The molecular weight excluding hydrogens is 354 g/mol. The second-order valence-electron chi connectivity index (χ2n) is 5.13. The Morgan fingerprint density at radius 3 is 2.35 bits per heavy atom. The molecule has 0 bridgehead atoms. The second kappa shape index (κ2) is 7.58. The van der Waals surface area contributed by atoms with E-state index in [1.165, 1.54) is 28.6 Å². The van der Waals surface area contributed by atoms with Gasteiger partial charge in [-0.2, -0.15) is 9.94 Å². The minimum atomic E-state index is -1.02. The summed E-state index contributed by atoms with van der Waals surface area (Å²) < 4.78 is 1.43. The van der Waals surface area contributed by atoms with Crippen molar-refractivity contribution in [3.8, 4) is 11.8 Å². The molecule has 3 rings (SSSR count). The highest BCUT2D eigenvalue weighted by atomic mass is 32.2. The molecule has 128 valence electrons. The van der Waals surface area contributed by atoms with Crippen LogP contribution in [0.5, 0.6) is 0 Å². The number of nitrogens with zero attached hydrogens (tertiary/aromatic N) is 5. The zero-order valence-corrected chi connectivity index (χ0v) is 14.1. The molecule has 0 atom stereocenters. The van der Waals surface area contributed by atoms with Crippen molar-refractivity contribution in [1.82, 2.24) is 20.2 Å². The third kappa shape index (κ3) is 3.76. The van der Waals surface area contributed by atoms with E-state index in [-0.39, 0.29) is 17.1 Å². The Balaban J connectivity index is 1.71. The van der Waals surface area contributed by atoms with E-state index in [1.807, 2.05) is 6.07 Å². The number of aromatic carboxylic acids is 1. The van der Waals surface area contributed by atoms with Crippen LogP contribution in [0.25, 0.3) is 5.69 Å². The van der Waals surface area contributed by atoms with Crippen LogP contribution in [-0.2, 0) is 0 Å². The lowest BCUT2D eigenvalue weighted by Crippen LogP contribution is -2.05. The van der Waals surface area contributed by atoms with Gasteiger partial charge in [-0.15, -0.1) is 5.10 Å². The topological polar surface area (TPSA) is 122 Å². The van der Waals surface area contributed by atoms with Crippen molar-refractivity contribution in [2.75, 3.05) is 5.75 Å². The van der Waals surface area contributed by atoms with E-state index < -0.39 is 5.97 Å². The Labute approximate surface area is 152 Å². The van der Waals surface area contributed by atoms with Crippen LogP contribution in [0.1, 0.15) is 26.3 Å². The zero-order chi connectivity index (χ0) is 18.5. The minimum absolute atomic E-state index is 0.115. The van der Waals surface area contributed by atoms with Crippen molar-refractivity contribution < 1.29 is 14.7 Å². The van der Waals surface area contributed by atoms with Crippen molar-refractivity contribution >= 4 is 23.5 Å². The number of hydrogen-bond acceptors (Lipinski definition) is 7. The molecule has 0 aliphatic heterocycles. The first kappa shape index (κ1) is 17.3. The summed E-state index contributed by atoms with van der Waals surface area (Å²) in [5, 5.41) is 29.5. The molecule has 26 heavy (non-hydrogen) atoms. The summed E-state index contributed by atoms with van der Waals surface area (Å²) in [5.74, 6) is -1.01. The summed E-state index contributed by atoms with van der Waals surface area (Å²) in [6.45, 7) is 0. The van der Waals surface area contributed by atoms with Crippen molar-refractivity contribution in [3.63, 3.8) is 0 Å². The van der Waals surface area contributed by atoms with Crippen LogP contribution in [0.15, 0.2) is 53.7 Å². The average Bonchev–Trinajstić information content (AvgIpc) is 3.15. The number of aromatic nitrogens is 4. The van der Waals surface area contributed by atoms with Gasteiger partial charge >= 0.3 is 5.97 Å². The standard InChI is InChI=1S/C17H11N5O3S/c18-9-11-1-3-12(4-2-11)15(23)10-26-17-19-20-21-22(17)14-7-5-13(6-8-14)16(24)25/h1-8H,10H2,(H,24,25). The fourth-order valence-corrected chi connectivity index (χ4v) is 2.91. The molecule has 3 aromatic rings. The van der Waals surface area contributed by atoms with E-state index in [4.69, 9.17) is 10.4 Å². The van der Waals surface area contributed by atoms with Gasteiger partial charge in [0.1, 0.15) is 0 Å². The van der Waals surface area contributed by atoms with E-state index in [9.17, 15) is 9.59 Å². The number of carbonyl (C=O) groups excluding carboxylic acids is 1. The lowest BCUT2D eigenvalue weighted by molar-refractivity contribution is 0.0696. The average molecular weight is 365 g/mol. The molecule has 1 heterocycles. The Bertz CT molecular complexity index is 990. The molecule has 0 aliphatic carbocycles. The van der Waals surface area contributed by atoms with E-state index >= 15 is 0 Å². The summed E-state index contributed by atoms with van der Waals surface area (Å²) in [6.07, 6.45) is 0. The highest BCUT2D eigenvalue weighted by Gasteiger charge is 2.13. The minimum Gasteiger partial charge on any atom is -0.478 e. The van der Waals surface area contributed by atoms with Gasteiger partial charge in [0.15, 0.2) is 5.78 Å². The van der Waals surface area contributed by atoms with Gasteiger partial charge in [-0.3, -0.25) is 4.79 Å². The van der Waals surface area contributed by atoms with Crippen molar-refractivity contribution in [2.24, 2.45) is 0 Å². The highest BCUT2D eigenvalue weighted by molar-refractivity contribution is 7.99. The van der Waals surface area contributed by atoms with Gasteiger partial charge in [0.05, 0.1) is 28.6 Å². The Morgan fingerprint density at radius 1 is 1.08 bits per heavy atom. The highest BCUT2D eigenvalue weighted by Crippen LogP contribution is 2.20. The number of rotatable bonds is 6. The lowest BCUT2D eigenvalue weighted by atomic mass is 10.1. The smallest absolute Gasteiger partial charge is 0.335 e. The monoisotopic (exact) mass is 365 g/mol. The molecule has 0 saturated carbocycles. The Kier molecular flexibility index (Phi) is 5.05. The fraction of sp³-hybridized carbons (Fsp3) is 0.0588. The van der Waals surface area contributed by atoms with Gasteiger partial charge in [-0.25, -0.2) is 4.79 Å². The quantitative estimate of drug-likeness (QED) is 0.521. The van der Waals surface area contributed by atoms with Crippen LogP contribution >= 0.6 is 11.8 Å².